The first-order valence-electron chi connectivity index (χ1n) is 4.65. The van der Waals surface area contributed by atoms with Gasteiger partial charge in [0.1, 0.15) is 0 Å². The summed E-state index contributed by atoms with van der Waals surface area (Å²) in [5.74, 6) is -4.95. The van der Waals surface area contributed by atoms with Crippen molar-refractivity contribution in [3.8, 4) is 0 Å². The summed E-state index contributed by atoms with van der Waals surface area (Å²) in [4.78, 5) is 40.1. The van der Waals surface area contributed by atoms with Gasteiger partial charge in [0.25, 0.3) is 0 Å². The van der Waals surface area contributed by atoms with Crippen LogP contribution in [0.1, 0.15) is 27.7 Å². The first-order valence-corrected chi connectivity index (χ1v) is 4.65. The summed E-state index contributed by atoms with van der Waals surface area (Å²) in [5.41, 5.74) is 0. The zero-order chi connectivity index (χ0) is 13.5. The second kappa shape index (κ2) is 7.56. The molecule has 0 aliphatic carbocycles. The fourth-order valence-corrected chi connectivity index (χ4v) is 0.494. The quantitative estimate of drug-likeness (QED) is 0.686. The zero-order valence-corrected chi connectivity index (χ0v) is 9.68. The third-order valence-electron chi connectivity index (χ3n) is 1.47. The second-order valence-corrected chi connectivity index (χ2v) is 3.65. The minimum atomic E-state index is -1.35. The van der Waals surface area contributed by atoms with Crippen LogP contribution in [0.3, 0.4) is 0 Å². The molecule has 0 rings (SSSR count). The maximum atomic E-state index is 10.2. The van der Waals surface area contributed by atoms with Gasteiger partial charge in [0.05, 0.1) is 0 Å². The molecule has 0 aromatic rings. The number of carboxylic acid groups (broad SMARTS) is 2. The molecule has 2 N–H and O–H groups in total. The lowest BCUT2D eigenvalue weighted by atomic mass is 10.1. The summed E-state index contributed by atoms with van der Waals surface area (Å²) in [7, 11) is 0. The van der Waals surface area contributed by atoms with E-state index in [0.717, 1.165) is 0 Å². The predicted octanol–water partition coefficient (Wildman–Crippen LogP) is 0.592. The number of carbonyl (C=O) groups is 4. The predicted molar refractivity (Wildman–Crippen MR) is 55.0 cm³/mol. The molecule has 0 bridgehead atoms. The number of Topliss-reactive ketones (excluding diaryl/α,β-unsaturated/α-hetero) is 2. The van der Waals surface area contributed by atoms with Crippen LogP contribution >= 0.6 is 0 Å². The maximum absolute atomic E-state index is 10.2. The molecule has 0 amide bonds. The molecule has 0 unspecified atom stereocenters. The van der Waals surface area contributed by atoms with E-state index in [9.17, 15) is 19.2 Å². The summed E-state index contributed by atoms with van der Waals surface area (Å²) >= 11 is 0. The van der Waals surface area contributed by atoms with E-state index in [1.54, 1.807) is 27.7 Å². The van der Waals surface area contributed by atoms with Crippen molar-refractivity contribution in [2.75, 3.05) is 0 Å². The Morgan fingerprint density at radius 2 is 0.875 bits per heavy atom. The van der Waals surface area contributed by atoms with Crippen molar-refractivity contribution < 1.29 is 29.4 Å². The highest BCUT2D eigenvalue weighted by Gasteiger charge is 2.15. The van der Waals surface area contributed by atoms with Gasteiger partial charge < -0.3 is 10.2 Å². The van der Waals surface area contributed by atoms with Crippen molar-refractivity contribution in [2.45, 2.75) is 27.7 Å². The third kappa shape index (κ3) is 7.66. The monoisotopic (exact) mass is 232 g/mol. The van der Waals surface area contributed by atoms with Gasteiger partial charge in [0.2, 0.25) is 11.6 Å². The van der Waals surface area contributed by atoms with Crippen LogP contribution in [0.25, 0.3) is 0 Å². The molecule has 0 aliphatic rings. The summed E-state index contributed by atoms with van der Waals surface area (Å²) in [6.45, 7) is 6.21. The van der Waals surface area contributed by atoms with Gasteiger partial charge >= 0.3 is 11.9 Å². The van der Waals surface area contributed by atoms with Crippen LogP contribution in [0.15, 0.2) is 0 Å². The van der Waals surface area contributed by atoms with Crippen LogP contribution in [0.5, 0.6) is 0 Å². The average molecular weight is 232 g/mol. The Kier molecular flexibility index (Phi) is 7.89. The van der Waals surface area contributed by atoms with E-state index in [4.69, 9.17) is 10.2 Å². The molecule has 0 spiro atoms. The number of hydrogen-bond donors (Lipinski definition) is 2. The minimum Gasteiger partial charge on any atom is -0.475 e. The average Bonchev–Trinajstić information content (AvgIpc) is 2.15. The number of aliphatic carboxylic acids is 2. The molecular formula is C10H16O6. The number of carboxylic acids is 2. The smallest absolute Gasteiger partial charge is 0.372 e. The number of hydrogen-bond acceptors (Lipinski definition) is 4. The lowest BCUT2D eigenvalue weighted by molar-refractivity contribution is -0.150. The van der Waals surface area contributed by atoms with Crippen molar-refractivity contribution in [3.05, 3.63) is 0 Å². The van der Waals surface area contributed by atoms with Crippen molar-refractivity contribution in [1.82, 2.24) is 0 Å². The number of ketones is 2. The van der Waals surface area contributed by atoms with Gasteiger partial charge in [-0.25, -0.2) is 9.59 Å². The summed E-state index contributed by atoms with van der Waals surface area (Å²) in [6.07, 6.45) is 0. The first-order chi connectivity index (χ1) is 7.11. The summed E-state index contributed by atoms with van der Waals surface area (Å²) in [5, 5.41) is 16.0. The van der Waals surface area contributed by atoms with E-state index in [2.05, 4.69) is 0 Å². The first kappa shape index (κ1) is 16.7. The maximum Gasteiger partial charge on any atom is 0.372 e. The Balaban J connectivity index is 0. The fourth-order valence-electron chi connectivity index (χ4n) is 0.494. The van der Waals surface area contributed by atoms with Crippen molar-refractivity contribution >= 4 is 23.5 Å². The van der Waals surface area contributed by atoms with E-state index >= 15 is 0 Å². The van der Waals surface area contributed by atoms with Gasteiger partial charge in [-0.2, -0.15) is 0 Å². The molecule has 0 radical (unpaired) electrons. The van der Waals surface area contributed by atoms with Crippen molar-refractivity contribution in [3.63, 3.8) is 0 Å². The highest BCUT2D eigenvalue weighted by molar-refractivity contribution is 6.33. The standard InChI is InChI=1S/2C5H8O3/c2*1-3(2)4(6)5(7)8/h2*3H,1-2H3,(H,7,8). The highest BCUT2D eigenvalue weighted by atomic mass is 16.4. The third-order valence-corrected chi connectivity index (χ3v) is 1.47. The van der Waals surface area contributed by atoms with Crippen LogP contribution < -0.4 is 0 Å². The molecule has 0 aliphatic heterocycles. The van der Waals surface area contributed by atoms with Crippen LogP contribution in [0.2, 0.25) is 0 Å². The Labute approximate surface area is 93.3 Å². The Morgan fingerprint density at radius 1 is 0.688 bits per heavy atom. The van der Waals surface area contributed by atoms with Crippen LogP contribution in [-0.2, 0) is 19.2 Å². The van der Waals surface area contributed by atoms with Crippen LogP contribution in [-0.4, -0.2) is 33.7 Å². The van der Waals surface area contributed by atoms with Crippen molar-refractivity contribution in [1.29, 1.82) is 0 Å². The molecule has 0 heterocycles. The molecule has 0 saturated carbocycles. The van der Waals surface area contributed by atoms with Crippen LogP contribution in [0.4, 0.5) is 0 Å². The van der Waals surface area contributed by atoms with E-state index in [0.29, 0.717) is 0 Å². The SMILES string of the molecule is CC(C)C(=O)C(=O)O.CC(C)C(=O)C(=O)O. The molecule has 6 nitrogen and oxygen atoms in total. The summed E-state index contributed by atoms with van der Waals surface area (Å²) in [6, 6.07) is 0. The normalized spacial score (nSPS) is 9.38. The largest absolute Gasteiger partial charge is 0.475 e. The van der Waals surface area contributed by atoms with Crippen LogP contribution in [0, 0.1) is 11.8 Å². The number of carbonyl (C=O) groups excluding carboxylic acids is 2. The zero-order valence-electron chi connectivity index (χ0n) is 9.68. The highest BCUT2D eigenvalue weighted by Crippen LogP contribution is 1.92. The molecule has 6 heteroatoms. The van der Waals surface area contributed by atoms with E-state index in [-0.39, 0.29) is 0 Å². The molecule has 0 atom stereocenters. The Bertz CT molecular complexity index is 260. The topological polar surface area (TPSA) is 109 Å². The van der Waals surface area contributed by atoms with Gasteiger partial charge in [0.15, 0.2) is 0 Å². The van der Waals surface area contributed by atoms with E-state index < -0.39 is 35.3 Å². The van der Waals surface area contributed by atoms with Gasteiger partial charge in [-0.1, -0.05) is 27.7 Å². The summed E-state index contributed by atoms with van der Waals surface area (Å²) < 4.78 is 0. The molecule has 92 valence electrons. The number of rotatable bonds is 4. The van der Waals surface area contributed by atoms with E-state index in [1.807, 2.05) is 0 Å². The molecule has 0 fully saturated rings. The fraction of sp³-hybridized carbons (Fsp3) is 0.600. The second-order valence-electron chi connectivity index (χ2n) is 3.65. The minimum absolute atomic E-state index is 0.396. The lowest BCUT2D eigenvalue weighted by Crippen LogP contribution is -2.18. The van der Waals surface area contributed by atoms with Gasteiger partial charge in [0, 0.05) is 11.8 Å². The van der Waals surface area contributed by atoms with E-state index in [1.165, 1.54) is 0 Å². The Hall–Kier alpha value is -1.72. The Morgan fingerprint density at radius 3 is 0.875 bits per heavy atom. The molecule has 16 heavy (non-hydrogen) atoms. The molecule has 0 aromatic heterocycles. The lowest BCUT2D eigenvalue weighted by Gasteiger charge is -1.93. The van der Waals surface area contributed by atoms with Gasteiger partial charge in [-0.15, -0.1) is 0 Å². The molecule has 0 saturated heterocycles. The van der Waals surface area contributed by atoms with Gasteiger partial charge in [-0.05, 0) is 0 Å². The molecule has 0 aromatic carbocycles. The van der Waals surface area contributed by atoms with Crippen molar-refractivity contribution in [2.24, 2.45) is 11.8 Å². The van der Waals surface area contributed by atoms with Gasteiger partial charge in [-0.3, -0.25) is 9.59 Å². The molecular weight excluding hydrogens is 216 g/mol.